The molecule has 214 valence electrons. The topological polar surface area (TPSA) is 130 Å². The van der Waals surface area contributed by atoms with Gasteiger partial charge in [-0.1, -0.05) is 54.5 Å². The number of nitrogens with one attached hydrogen (secondary N) is 2. The van der Waals surface area contributed by atoms with Gasteiger partial charge in [0, 0.05) is 35.4 Å². The van der Waals surface area contributed by atoms with E-state index in [9.17, 15) is 18.5 Å². The smallest absolute Gasteiger partial charge is 0.274 e. The number of carbonyl (C=O) groups excluding carboxylic acids is 1. The van der Waals surface area contributed by atoms with Crippen LogP contribution < -0.4 is 10.0 Å². The van der Waals surface area contributed by atoms with Gasteiger partial charge in [-0.2, -0.15) is 5.26 Å². The number of amides is 1. The first-order valence-electron chi connectivity index (χ1n) is 13.3. The summed E-state index contributed by atoms with van der Waals surface area (Å²) < 4.78 is 34.6. The predicted octanol–water partition coefficient (Wildman–Crippen LogP) is 5.23. The highest BCUT2D eigenvalue weighted by atomic mass is 32.2. The van der Waals surface area contributed by atoms with Crippen LogP contribution in [-0.4, -0.2) is 44.4 Å². The molecule has 3 aromatic rings. The van der Waals surface area contributed by atoms with Crippen molar-refractivity contribution in [2.75, 3.05) is 18.5 Å². The number of rotatable bonds is 10. The Morgan fingerprint density at radius 3 is 2.49 bits per heavy atom. The third-order valence-corrected chi connectivity index (χ3v) is 8.09. The van der Waals surface area contributed by atoms with Crippen LogP contribution in [-0.2, 0) is 24.4 Å². The van der Waals surface area contributed by atoms with Crippen LogP contribution >= 0.6 is 0 Å². The van der Waals surface area contributed by atoms with E-state index in [0.29, 0.717) is 40.3 Å². The zero-order valence-electron chi connectivity index (χ0n) is 23.6. The second-order valence-corrected chi connectivity index (χ2v) is 12.6. The molecule has 4 rings (SSSR count). The molecule has 41 heavy (non-hydrogen) atoms. The van der Waals surface area contributed by atoms with Gasteiger partial charge in [0.05, 0.1) is 28.8 Å². The fourth-order valence-corrected chi connectivity index (χ4v) is 6.07. The minimum Gasteiger partial charge on any atom is -0.377 e. The number of nitriles is 1. The summed E-state index contributed by atoms with van der Waals surface area (Å²) in [5, 5.41) is 16.3. The first kappa shape index (κ1) is 29.9. The monoisotopic (exact) mass is 574 g/mol. The lowest BCUT2D eigenvalue weighted by Gasteiger charge is -2.25. The van der Waals surface area contributed by atoms with Gasteiger partial charge in [-0.15, -0.1) is 0 Å². The van der Waals surface area contributed by atoms with Crippen molar-refractivity contribution in [2.45, 2.75) is 56.6 Å². The Morgan fingerprint density at radius 2 is 1.80 bits per heavy atom. The van der Waals surface area contributed by atoms with Gasteiger partial charge in [0.2, 0.25) is 15.6 Å². The van der Waals surface area contributed by atoms with Crippen LogP contribution in [0.25, 0.3) is 11.1 Å². The van der Waals surface area contributed by atoms with Crippen molar-refractivity contribution in [2.24, 2.45) is 5.16 Å². The molecule has 0 bridgehead atoms. The lowest BCUT2D eigenvalue weighted by molar-refractivity contribution is -0.146. The van der Waals surface area contributed by atoms with Crippen LogP contribution in [0.4, 0.5) is 5.69 Å². The summed E-state index contributed by atoms with van der Waals surface area (Å²) >= 11 is 0. The highest BCUT2D eigenvalue weighted by Gasteiger charge is 2.47. The van der Waals surface area contributed by atoms with Gasteiger partial charge >= 0.3 is 0 Å². The van der Waals surface area contributed by atoms with E-state index in [2.05, 4.69) is 21.3 Å². The number of oxime groups is 1. The number of hydrogen-bond donors (Lipinski definition) is 2. The normalized spacial score (nSPS) is 16.9. The molecular weight excluding hydrogens is 540 g/mol. The van der Waals surface area contributed by atoms with Crippen molar-refractivity contribution in [1.82, 2.24) is 4.72 Å². The van der Waals surface area contributed by atoms with Crippen molar-refractivity contribution < 1.29 is 22.8 Å². The van der Waals surface area contributed by atoms with Gasteiger partial charge in [-0.05, 0) is 63.1 Å². The summed E-state index contributed by atoms with van der Waals surface area (Å²) in [6, 6.07) is 22.8. The number of nitrogens with zero attached hydrogens (tertiary/aromatic N) is 2. The first-order chi connectivity index (χ1) is 19.5. The predicted molar refractivity (Wildman–Crippen MR) is 158 cm³/mol. The highest BCUT2D eigenvalue weighted by molar-refractivity contribution is 7.89. The Bertz CT molecular complexity index is 1590. The molecule has 0 spiro atoms. The lowest BCUT2D eigenvalue weighted by Crippen LogP contribution is -2.47. The van der Waals surface area contributed by atoms with Gasteiger partial charge in [-0.25, -0.2) is 13.1 Å². The molecule has 2 N–H and O–H groups in total. The molecule has 1 aliphatic rings. The number of ether oxygens (including phenoxy) is 1. The van der Waals surface area contributed by atoms with Crippen molar-refractivity contribution in [3.63, 3.8) is 0 Å². The molecule has 1 aliphatic heterocycles. The first-order valence-corrected chi connectivity index (χ1v) is 14.8. The molecule has 3 aromatic carbocycles. The van der Waals surface area contributed by atoms with Crippen LogP contribution in [0, 0.1) is 11.3 Å². The maximum Gasteiger partial charge on any atom is 0.274 e. The molecule has 1 atom stereocenters. The SMILES string of the molecule is CCCOCC1(C(=O)Nc2ccc(-c3ccccc3S(=O)(=O)NC(C)(C)C)cc2)CC(c2cccc(C#N)c2)=NO1. The average molecular weight is 575 g/mol. The Morgan fingerprint density at radius 1 is 1.07 bits per heavy atom. The van der Waals surface area contributed by atoms with Gasteiger partial charge < -0.3 is 14.9 Å². The number of carbonyl (C=O) groups is 1. The van der Waals surface area contributed by atoms with Gasteiger partial charge in [0.25, 0.3) is 5.91 Å². The van der Waals surface area contributed by atoms with E-state index >= 15 is 0 Å². The van der Waals surface area contributed by atoms with E-state index in [1.54, 1.807) is 87.5 Å². The van der Waals surface area contributed by atoms with Crippen molar-refractivity contribution >= 4 is 27.3 Å². The second kappa shape index (κ2) is 12.2. The molecule has 1 unspecified atom stereocenters. The largest absolute Gasteiger partial charge is 0.377 e. The van der Waals surface area contributed by atoms with Crippen LogP contribution in [0.1, 0.15) is 51.7 Å². The van der Waals surface area contributed by atoms with E-state index in [-0.39, 0.29) is 17.9 Å². The maximum absolute atomic E-state index is 13.6. The molecule has 0 saturated carbocycles. The summed E-state index contributed by atoms with van der Waals surface area (Å²) in [6.45, 7) is 7.80. The minimum atomic E-state index is -3.77. The third-order valence-electron chi connectivity index (χ3n) is 6.28. The molecule has 0 radical (unpaired) electrons. The minimum absolute atomic E-state index is 0.00170. The maximum atomic E-state index is 13.6. The van der Waals surface area contributed by atoms with E-state index in [1.807, 2.05) is 13.0 Å². The zero-order chi connectivity index (χ0) is 29.7. The third kappa shape index (κ3) is 7.19. The summed E-state index contributed by atoms with van der Waals surface area (Å²) in [5.74, 6) is -0.422. The Balaban J connectivity index is 1.55. The number of sulfonamides is 1. The van der Waals surface area contributed by atoms with Crippen molar-refractivity contribution in [3.8, 4) is 17.2 Å². The summed E-state index contributed by atoms with van der Waals surface area (Å²) in [4.78, 5) is 19.5. The molecule has 0 saturated heterocycles. The molecular formula is C31H34N4O5S. The van der Waals surface area contributed by atoms with Crippen LogP contribution in [0.15, 0.2) is 82.8 Å². The van der Waals surface area contributed by atoms with Crippen molar-refractivity contribution in [3.05, 3.63) is 83.9 Å². The fourth-order valence-electron chi connectivity index (χ4n) is 4.42. The summed E-state index contributed by atoms with van der Waals surface area (Å²) in [5.41, 5.74) is 1.44. The van der Waals surface area contributed by atoms with Crippen LogP contribution in [0.3, 0.4) is 0 Å². The highest BCUT2D eigenvalue weighted by Crippen LogP contribution is 2.32. The molecule has 1 amide bonds. The molecule has 0 aliphatic carbocycles. The van der Waals surface area contributed by atoms with Crippen LogP contribution in [0.2, 0.25) is 0 Å². The number of benzene rings is 3. The van der Waals surface area contributed by atoms with Crippen molar-refractivity contribution in [1.29, 1.82) is 5.26 Å². The van der Waals surface area contributed by atoms with E-state index in [1.165, 1.54) is 0 Å². The Kier molecular flexibility index (Phi) is 8.92. The average Bonchev–Trinajstić information content (AvgIpc) is 3.38. The molecule has 10 heteroatoms. The Labute approximate surface area is 241 Å². The number of anilines is 1. The molecule has 1 heterocycles. The molecule has 0 aromatic heterocycles. The van der Waals surface area contributed by atoms with E-state index in [4.69, 9.17) is 9.57 Å². The second-order valence-electron chi connectivity index (χ2n) is 10.9. The molecule has 9 nitrogen and oxygen atoms in total. The summed E-state index contributed by atoms with van der Waals surface area (Å²) in [7, 11) is -3.77. The lowest BCUT2D eigenvalue weighted by atomic mass is 9.93. The van der Waals surface area contributed by atoms with E-state index in [0.717, 1.165) is 6.42 Å². The van der Waals surface area contributed by atoms with Gasteiger partial charge in [0.15, 0.2) is 0 Å². The van der Waals surface area contributed by atoms with E-state index < -0.39 is 27.1 Å². The van der Waals surface area contributed by atoms with Crippen LogP contribution in [0.5, 0.6) is 0 Å². The quantitative estimate of drug-likeness (QED) is 0.319. The van der Waals surface area contributed by atoms with Gasteiger partial charge in [0.1, 0.15) is 0 Å². The fraction of sp³-hybridized carbons (Fsp3) is 0.323. The number of hydrogen-bond acceptors (Lipinski definition) is 7. The summed E-state index contributed by atoms with van der Waals surface area (Å²) in [6.07, 6.45) is 0.946. The standard InChI is InChI=1S/C31H34N4O5S/c1-5-17-39-21-31(19-27(34-40-31)24-10-8-9-22(18-24)20-32)29(36)33-25-15-13-23(14-16-25)26-11-6-7-12-28(26)41(37,38)35-30(2,3)4/h6-16,18,35H,5,17,19,21H2,1-4H3,(H,33,36). The Hall–Kier alpha value is -4.04. The zero-order valence-corrected chi connectivity index (χ0v) is 24.4. The molecule has 0 fully saturated rings. The van der Waals surface area contributed by atoms with Gasteiger partial charge in [-0.3, -0.25) is 4.79 Å².